The first-order chi connectivity index (χ1) is 15.1. The van der Waals surface area contributed by atoms with Crippen molar-refractivity contribution in [2.24, 2.45) is 0 Å². The molecule has 0 saturated heterocycles. The van der Waals surface area contributed by atoms with E-state index in [2.05, 4.69) is 24.4 Å². The standard InChI is InChI=1S/C27H45NO3/c1-3-4-5-6-7-8-9-10-11-12-13-14-15-16-17-18-26(30)28-22-21-24-19-20-25(29)27(31)23(24)2/h10-11,19-20,29,31H,3-9,12-18,21-22H2,1-2H3,(H,28,30)/b11-10-. The number of hydrogen-bond donors (Lipinski definition) is 3. The highest BCUT2D eigenvalue weighted by Crippen LogP contribution is 2.30. The lowest BCUT2D eigenvalue weighted by atomic mass is 10.0. The molecule has 0 saturated carbocycles. The van der Waals surface area contributed by atoms with Crippen LogP contribution in [0.25, 0.3) is 0 Å². The van der Waals surface area contributed by atoms with E-state index in [4.69, 9.17) is 0 Å². The van der Waals surface area contributed by atoms with Gasteiger partial charge in [0.1, 0.15) is 0 Å². The SMILES string of the molecule is CCCCCCCC/C=C\CCCCCCCC(=O)NCCc1ccc(O)c(O)c1C. The molecule has 31 heavy (non-hydrogen) atoms. The monoisotopic (exact) mass is 431 g/mol. The molecule has 0 aliphatic heterocycles. The molecule has 0 spiro atoms. The van der Waals surface area contributed by atoms with Gasteiger partial charge in [0.2, 0.25) is 5.91 Å². The largest absolute Gasteiger partial charge is 0.504 e. The normalized spacial score (nSPS) is 11.3. The Morgan fingerprint density at radius 2 is 1.45 bits per heavy atom. The number of carbonyl (C=O) groups excluding carboxylic acids is 1. The highest BCUT2D eigenvalue weighted by atomic mass is 16.3. The van der Waals surface area contributed by atoms with Crippen LogP contribution in [0.1, 0.15) is 108 Å². The average Bonchev–Trinajstić information content (AvgIpc) is 2.76. The summed E-state index contributed by atoms with van der Waals surface area (Å²) < 4.78 is 0. The maximum atomic E-state index is 12.0. The van der Waals surface area contributed by atoms with Crippen molar-refractivity contribution in [1.82, 2.24) is 5.32 Å². The van der Waals surface area contributed by atoms with Crippen LogP contribution in [0.2, 0.25) is 0 Å². The Morgan fingerprint density at radius 3 is 2.10 bits per heavy atom. The zero-order valence-electron chi connectivity index (χ0n) is 19.9. The third-order valence-electron chi connectivity index (χ3n) is 5.90. The van der Waals surface area contributed by atoms with Crippen LogP contribution in [0.3, 0.4) is 0 Å². The van der Waals surface area contributed by atoms with Gasteiger partial charge < -0.3 is 15.5 Å². The van der Waals surface area contributed by atoms with Crippen LogP contribution in [-0.4, -0.2) is 22.7 Å². The van der Waals surface area contributed by atoms with Crippen LogP contribution in [-0.2, 0) is 11.2 Å². The van der Waals surface area contributed by atoms with E-state index in [1.54, 1.807) is 13.0 Å². The fourth-order valence-electron chi connectivity index (χ4n) is 3.78. The average molecular weight is 432 g/mol. The minimum absolute atomic E-state index is 0.0721. The van der Waals surface area contributed by atoms with Crippen LogP contribution < -0.4 is 5.32 Å². The summed E-state index contributed by atoms with van der Waals surface area (Å²) >= 11 is 0. The van der Waals surface area contributed by atoms with Gasteiger partial charge in [-0.15, -0.1) is 0 Å². The molecule has 0 aliphatic carbocycles. The molecule has 0 fully saturated rings. The lowest BCUT2D eigenvalue weighted by Gasteiger charge is -2.10. The van der Waals surface area contributed by atoms with Gasteiger partial charge in [-0.25, -0.2) is 0 Å². The number of phenolic OH excluding ortho intramolecular Hbond substituents is 2. The zero-order valence-corrected chi connectivity index (χ0v) is 19.9. The van der Waals surface area contributed by atoms with Gasteiger partial charge in [-0.3, -0.25) is 4.79 Å². The number of allylic oxidation sites excluding steroid dienone is 2. The van der Waals surface area contributed by atoms with E-state index in [1.807, 2.05) is 0 Å². The van der Waals surface area contributed by atoms with Crippen molar-refractivity contribution in [3.05, 3.63) is 35.4 Å². The van der Waals surface area contributed by atoms with Gasteiger partial charge >= 0.3 is 0 Å². The summed E-state index contributed by atoms with van der Waals surface area (Å²) in [5, 5.41) is 22.2. The molecule has 0 heterocycles. The molecule has 0 aliphatic rings. The summed E-state index contributed by atoms with van der Waals surface area (Å²) in [6.45, 7) is 4.59. The second kappa shape index (κ2) is 17.7. The molecule has 1 aromatic carbocycles. The van der Waals surface area contributed by atoms with Crippen molar-refractivity contribution in [1.29, 1.82) is 0 Å². The molecular formula is C27H45NO3. The predicted molar refractivity (Wildman–Crippen MR) is 131 cm³/mol. The minimum atomic E-state index is -0.102. The predicted octanol–water partition coefficient (Wildman–Crippen LogP) is 7.10. The maximum Gasteiger partial charge on any atom is 0.220 e. The fraction of sp³-hybridized carbons (Fsp3) is 0.667. The molecule has 1 aromatic rings. The van der Waals surface area contributed by atoms with Crippen molar-refractivity contribution in [2.75, 3.05) is 6.54 Å². The van der Waals surface area contributed by atoms with Crippen LogP contribution in [0, 0.1) is 6.92 Å². The molecule has 1 amide bonds. The molecular weight excluding hydrogens is 386 g/mol. The van der Waals surface area contributed by atoms with E-state index in [1.165, 1.54) is 76.7 Å². The summed E-state index contributed by atoms with van der Waals surface area (Å²) in [6, 6.07) is 3.28. The van der Waals surface area contributed by atoms with Crippen molar-refractivity contribution in [3.63, 3.8) is 0 Å². The van der Waals surface area contributed by atoms with Gasteiger partial charge in [-0.05, 0) is 62.6 Å². The summed E-state index contributed by atoms with van der Waals surface area (Å²) in [6.07, 6.45) is 22.3. The minimum Gasteiger partial charge on any atom is -0.504 e. The number of aromatic hydroxyl groups is 2. The Balaban J connectivity index is 1.92. The van der Waals surface area contributed by atoms with Gasteiger partial charge in [0, 0.05) is 13.0 Å². The van der Waals surface area contributed by atoms with Crippen LogP contribution >= 0.6 is 0 Å². The second-order valence-electron chi connectivity index (χ2n) is 8.65. The first-order valence-electron chi connectivity index (χ1n) is 12.5. The lowest BCUT2D eigenvalue weighted by Crippen LogP contribution is -2.25. The molecule has 4 heteroatoms. The van der Waals surface area contributed by atoms with E-state index in [0.29, 0.717) is 24.9 Å². The third kappa shape index (κ3) is 13.1. The van der Waals surface area contributed by atoms with E-state index in [0.717, 1.165) is 18.4 Å². The number of benzene rings is 1. The van der Waals surface area contributed by atoms with Crippen LogP contribution in [0.15, 0.2) is 24.3 Å². The van der Waals surface area contributed by atoms with Gasteiger partial charge in [-0.2, -0.15) is 0 Å². The van der Waals surface area contributed by atoms with Gasteiger partial charge in [0.15, 0.2) is 11.5 Å². The summed E-state index contributed by atoms with van der Waals surface area (Å²) in [5.41, 5.74) is 1.61. The Bertz CT molecular complexity index is 640. The molecule has 3 N–H and O–H groups in total. The van der Waals surface area contributed by atoms with E-state index < -0.39 is 0 Å². The quantitative estimate of drug-likeness (QED) is 0.132. The number of unbranched alkanes of at least 4 members (excludes halogenated alkanes) is 11. The van der Waals surface area contributed by atoms with Crippen LogP contribution in [0.4, 0.5) is 0 Å². The summed E-state index contributed by atoms with van der Waals surface area (Å²) in [5.74, 6) is -0.0788. The van der Waals surface area contributed by atoms with Crippen molar-refractivity contribution in [2.45, 2.75) is 110 Å². The molecule has 176 valence electrons. The molecule has 0 radical (unpaired) electrons. The molecule has 0 unspecified atom stereocenters. The van der Waals surface area contributed by atoms with Gasteiger partial charge in [0.05, 0.1) is 0 Å². The molecule has 1 rings (SSSR count). The Labute approximate surface area is 190 Å². The maximum absolute atomic E-state index is 12.0. The van der Waals surface area contributed by atoms with E-state index in [9.17, 15) is 15.0 Å². The fourth-order valence-corrected chi connectivity index (χ4v) is 3.78. The molecule has 0 aromatic heterocycles. The number of rotatable bonds is 18. The van der Waals surface area contributed by atoms with E-state index in [-0.39, 0.29) is 17.4 Å². The van der Waals surface area contributed by atoms with Gasteiger partial charge in [-0.1, -0.05) is 76.5 Å². The van der Waals surface area contributed by atoms with Gasteiger partial charge in [0.25, 0.3) is 0 Å². The lowest BCUT2D eigenvalue weighted by molar-refractivity contribution is -0.121. The topological polar surface area (TPSA) is 69.6 Å². The van der Waals surface area contributed by atoms with Crippen molar-refractivity contribution >= 4 is 5.91 Å². The third-order valence-corrected chi connectivity index (χ3v) is 5.90. The highest BCUT2D eigenvalue weighted by molar-refractivity contribution is 5.75. The number of phenols is 2. The smallest absolute Gasteiger partial charge is 0.220 e. The first-order valence-corrected chi connectivity index (χ1v) is 12.5. The van der Waals surface area contributed by atoms with Crippen molar-refractivity contribution in [3.8, 4) is 11.5 Å². The Hall–Kier alpha value is -1.97. The highest BCUT2D eigenvalue weighted by Gasteiger charge is 2.08. The van der Waals surface area contributed by atoms with Crippen LogP contribution in [0.5, 0.6) is 11.5 Å². The number of nitrogens with one attached hydrogen (secondary N) is 1. The van der Waals surface area contributed by atoms with Crippen molar-refractivity contribution < 1.29 is 15.0 Å². The number of hydrogen-bond acceptors (Lipinski definition) is 3. The number of amides is 1. The molecule has 0 atom stereocenters. The van der Waals surface area contributed by atoms with E-state index >= 15 is 0 Å². The zero-order chi connectivity index (χ0) is 22.7. The second-order valence-corrected chi connectivity index (χ2v) is 8.65. The Morgan fingerprint density at radius 1 is 0.871 bits per heavy atom. The molecule has 0 bridgehead atoms. The summed E-state index contributed by atoms with van der Waals surface area (Å²) in [4.78, 5) is 12.0. The molecule has 4 nitrogen and oxygen atoms in total. The first kappa shape index (κ1) is 27.1. The number of carbonyl (C=O) groups is 1. The summed E-state index contributed by atoms with van der Waals surface area (Å²) in [7, 11) is 0. The Kier molecular flexibility index (Phi) is 15.4.